The van der Waals surface area contributed by atoms with Crippen molar-refractivity contribution in [1.29, 1.82) is 0 Å². The van der Waals surface area contributed by atoms with Gasteiger partial charge < -0.3 is 10.4 Å². The van der Waals surface area contributed by atoms with Crippen LogP contribution < -0.4 is 5.32 Å². The minimum atomic E-state index is -1.04. The highest BCUT2D eigenvalue weighted by molar-refractivity contribution is 14.1. The molecule has 2 N–H and O–H groups in total. The molecule has 102 valence electrons. The minimum Gasteiger partial charge on any atom is -0.478 e. The number of nitrogens with one attached hydrogen (secondary N) is 1. The number of carbonyl (C=O) groups excluding carboxylic acids is 1. The van der Waals surface area contributed by atoms with Crippen LogP contribution >= 0.6 is 34.2 Å². The summed E-state index contributed by atoms with van der Waals surface area (Å²) in [4.78, 5) is 22.9. The van der Waals surface area contributed by atoms with Gasteiger partial charge in [-0.2, -0.15) is 0 Å². The molecule has 0 aliphatic rings. The lowest BCUT2D eigenvalue weighted by Gasteiger charge is -2.07. The van der Waals surface area contributed by atoms with Crippen molar-refractivity contribution >= 4 is 51.8 Å². The highest BCUT2D eigenvalue weighted by Crippen LogP contribution is 2.20. The Hall–Kier alpha value is -1.60. The number of aromatic carboxylic acids is 1. The number of carbonyl (C=O) groups is 2. The summed E-state index contributed by atoms with van der Waals surface area (Å²) in [6.45, 7) is 0. The molecule has 2 aromatic rings. The number of halogens is 2. The Morgan fingerprint density at radius 3 is 2.50 bits per heavy atom. The van der Waals surface area contributed by atoms with Crippen molar-refractivity contribution in [3.63, 3.8) is 0 Å². The van der Waals surface area contributed by atoms with E-state index in [0.29, 0.717) is 16.3 Å². The van der Waals surface area contributed by atoms with Crippen LogP contribution in [0, 0.1) is 3.57 Å². The third kappa shape index (κ3) is 3.49. The molecule has 0 aliphatic heterocycles. The van der Waals surface area contributed by atoms with Gasteiger partial charge in [0.15, 0.2) is 0 Å². The summed E-state index contributed by atoms with van der Waals surface area (Å²) >= 11 is 8.03. The van der Waals surface area contributed by atoms with Gasteiger partial charge in [0.1, 0.15) is 0 Å². The van der Waals surface area contributed by atoms with E-state index in [0.717, 1.165) is 3.57 Å². The fraction of sp³-hybridized carbons (Fsp3) is 0. The first kappa shape index (κ1) is 14.8. The van der Waals surface area contributed by atoms with E-state index in [-0.39, 0.29) is 11.5 Å². The molecule has 0 bridgehead atoms. The second-order valence-corrected chi connectivity index (χ2v) is 5.54. The van der Waals surface area contributed by atoms with Crippen LogP contribution in [0.2, 0.25) is 5.02 Å². The molecule has 2 aromatic carbocycles. The summed E-state index contributed by atoms with van der Waals surface area (Å²) in [6.07, 6.45) is 0. The molecule has 0 saturated carbocycles. The van der Waals surface area contributed by atoms with Crippen LogP contribution in [0.4, 0.5) is 5.69 Å². The monoisotopic (exact) mass is 401 g/mol. The molecule has 0 fully saturated rings. The molecule has 4 nitrogen and oxygen atoms in total. The first-order valence-corrected chi connectivity index (χ1v) is 7.03. The van der Waals surface area contributed by atoms with E-state index in [1.165, 1.54) is 12.1 Å². The lowest BCUT2D eigenvalue weighted by atomic mass is 10.2. The molecule has 6 heteroatoms. The fourth-order valence-electron chi connectivity index (χ4n) is 1.57. The van der Waals surface area contributed by atoms with Crippen molar-refractivity contribution in [1.82, 2.24) is 0 Å². The Kier molecular flexibility index (Phi) is 4.61. The molecule has 0 unspecified atom stereocenters. The topological polar surface area (TPSA) is 66.4 Å². The fourth-order valence-corrected chi connectivity index (χ4v) is 2.09. The standard InChI is InChI=1S/C14H9ClINO3/c15-11-7-8(4-5-12(11)16)13(18)17-10-3-1-2-9(6-10)14(19)20/h1-7H,(H,17,18)(H,19,20). The zero-order chi connectivity index (χ0) is 14.7. The quantitative estimate of drug-likeness (QED) is 0.767. The van der Waals surface area contributed by atoms with Gasteiger partial charge in [-0.1, -0.05) is 17.7 Å². The molecule has 0 radical (unpaired) electrons. The van der Waals surface area contributed by atoms with E-state index >= 15 is 0 Å². The average Bonchev–Trinajstić information content (AvgIpc) is 2.42. The Bertz CT molecular complexity index is 688. The first-order valence-electron chi connectivity index (χ1n) is 5.57. The summed E-state index contributed by atoms with van der Waals surface area (Å²) in [6, 6.07) is 11.0. The van der Waals surface area contributed by atoms with E-state index in [1.807, 2.05) is 0 Å². The SMILES string of the molecule is O=C(O)c1cccc(NC(=O)c2ccc(I)c(Cl)c2)c1. The third-order valence-electron chi connectivity index (χ3n) is 2.55. The van der Waals surface area contributed by atoms with E-state index < -0.39 is 5.97 Å². The summed E-state index contributed by atoms with van der Waals surface area (Å²) in [5.74, 6) is -1.38. The Balaban J connectivity index is 2.21. The van der Waals surface area contributed by atoms with Crippen molar-refractivity contribution in [2.45, 2.75) is 0 Å². The molecule has 0 saturated heterocycles. The normalized spacial score (nSPS) is 10.1. The van der Waals surface area contributed by atoms with Gasteiger partial charge in [-0.15, -0.1) is 0 Å². The molecule has 2 rings (SSSR count). The summed E-state index contributed by atoms with van der Waals surface area (Å²) in [5, 5.41) is 12.0. The maximum atomic E-state index is 12.0. The van der Waals surface area contributed by atoms with Crippen molar-refractivity contribution in [3.05, 3.63) is 62.2 Å². The van der Waals surface area contributed by atoms with Gasteiger partial charge in [-0.05, 0) is 59.0 Å². The summed E-state index contributed by atoms with van der Waals surface area (Å²) < 4.78 is 0.855. The van der Waals surface area contributed by atoms with Gasteiger partial charge in [-0.3, -0.25) is 4.79 Å². The molecule has 0 aromatic heterocycles. The largest absolute Gasteiger partial charge is 0.478 e. The second-order valence-electron chi connectivity index (χ2n) is 3.97. The zero-order valence-corrected chi connectivity index (χ0v) is 13.0. The number of amides is 1. The molecule has 0 heterocycles. The molecular weight excluding hydrogens is 393 g/mol. The lowest BCUT2D eigenvalue weighted by molar-refractivity contribution is 0.0696. The summed E-state index contributed by atoms with van der Waals surface area (Å²) in [5.41, 5.74) is 0.948. The van der Waals surface area contributed by atoms with Crippen molar-refractivity contribution in [2.24, 2.45) is 0 Å². The van der Waals surface area contributed by atoms with Crippen LogP contribution in [0.15, 0.2) is 42.5 Å². The number of benzene rings is 2. The Labute approximate surface area is 133 Å². The van der Waals surface area contributed by atoms with E-state index in [1.54, 1.807) is 30.3 Å². The molecule has 0 atom stereocenters. The number of hydrogen-bond donors (Lipinski definition) is 2. The van der Waals surface area contributed by atoms with Crippen LogP contribution in [-0.4, -0.2) is 17.0 Å². The van der Waals surface area contributed by atoms with Gasteiger partial charge in [-0.25, -0.2) is 4.79 Å². The zero-order valence-electron chi connectivity index (χ0n) is 10.1. The van der Waals surface area contributed by atoms with Crippen LogP contribution in [0.25, 0.3) is 0 Å². The molecule has 1 amide bonds. The van der Waals surface area contributed by atoms with E-state index in [4.69, 9.17) is 16.7 Å². The van der Waals surface area contributed by atoms with Gasteiger partial charge >= 0.3 is 5.97 Å². The predicted octanol–water partition coefficient (Wildman–Crippen LogP) is 3.90. The van der Waals surface area contributed by atoms with E-state index in [2.05, 4.69) is 27.9 Å². The number of hydrogen-bond acceptors (Lipinski definition) is 2. The second kappa shape index (κ2) is 6.23. The molecular formula is C14H9ClINO3. The van der Waals surface area contributed by atoms with Crippen molar-refractivity contribution < 1.29 is 14.7 Å². The van der Waals surface area contributed by atoms with E-state index in [9.17, 15) is 9.59 Å². The van der Waals surface area contributed by atoms with Crippen LogP contribution in [0.5, 0.6) is 0 Å². The lowest BCUT2D eigenvalue weighted by Crippen LogP contribution is -2.12. The van der Waals surface area contributed by atoms with Crippen LogP contribution in [0.1, 0.15) is 20.7 Å². The maximum Gasteiger partial charge on any atom is 0.335 e. The van der Waals surface area contributed by atoms with Gasteiger partial charge in [0.2, 0.25) is 0 Å². The van der Waals surface area contributed by atoms with Gasteiger partial charge in [0.25, 0.3) is 5.91 Å². The first-order chi connectivity index (χ1) is 9.47. The summed E-state index contributed by atoms with van der Waals surface area (Å²) in [7, 11) is 0. The molecule has 0 aliphatic carbocycles. The number of rotatable bonds is 3. The number of carboxylic acids is 1. The highest BCUT2D eigenvalue weighted by Gasteiger charge is 2.09. The smallest absolute Gasteiger partial charge is 0.335 e. The Morgan fingerprint density at radius 1 is 1.10 bits per heavy atom. The maximum absolute atomic E-state index is 12.0. The van der Waals surface area contributed by atoms with Gasteiger partial charge in [0, 0.05) is 14.8 Å². The van der Waals surface area contributed by atoms with Gasteiger partial charge in [0.05, 0.1) is 10.6 Å². The van der Waals surface area contributed by atoms with Crippen LogP contribution in [-0.2, 0) is 0 Å². The molecule has 0 spiro atoms. The predicted molar refractivity (Wildman–Crippen MR) is 85.5 cm³/mol. The third-order valence-corrected chi connectivity index (χ3v) is 4.12. The van der Waals surface area contributed by atoms with Crippen LogP contribution in [0.3, 0.4) is 0 Å². The number of carboxylic acid groups (broad SMARTS) is 1. The molecule has 20 heavy (non-hydrogen) atoms. The van der Waals surface area contributed by atoms with Crippen molar-refractivity contribution in [2.75, 3.05) is 5.32 Å². The average molecular weight is 402 g/mol. The Morgan fingerprint density at radius 2 is 1.85 bits per heavy atom. The number of anilines is 1. The van der Waals surface area contributed by atoms with Crippen molar-refractivity contribution in [3.8, 4) is 0 Å². The highest BCUT2D eigenvalue weighted by atomic mass is 127. The minimum absolute atomic E-state index is 0.114.